The molecule has 2 fully saturated rings. The first-order valence-electron chi connectivity index (χ1n) is 7.57. The van der Waals surface area contributed by atoms with Gasteiger partial charge in [0.2, 0.25) is 5.91 Å². The molecule has 0 bridgehead atoms. The molecule has 1 aliphatic carbocycles. The zero-order valence-corrected chi connectivity index (χ0v) is 11.7. The predicted molar refractivity (Wildman–Crippen MR) is 73.0 cm³/mol. The van der Waals surface area contributed by atoms with Crippen molar-refractivity contribution in [2.24, 2.45) is 5.92 Å². The van der Waals surface area contributed by atoms with E-state index in [9.17, 15) is 4.79 Å². The lowest BCUT2D eigenvalue weighted by molar-refractivity contribution is -0.139. The molecule has 0 atom stereocenters. The molecular weight excluding hydrogens is 256 g/mol. The standard InChI is InChI=1S/C14H22N4O2/c19-9-8-18-13(15-10-16-18)11-4-6-17(7-5-11)14(20)12-2-1-3-12/h10-12,19H,1-9H2. The van der Waals surface area contributed by atoms with E-state index in [0.717, 1.165) is 44.6 Å². The molecule has 2 heterocycles. The third-order valence-corrected chi connectivity index (χ3v) is 4.58. The van der Waals surface area contributed by atoms with Gasteiger partial charge in [0.25, 0.3) is 0 Å². The fraction of sp³-hybridized carbons (Fsp3) is 0.786. The number of aromatic nitrogens is 3. The smallest absolute Gasteiger partial charge is 0.225 e. The topological polar surface area (TPSA) is 71.2 Å². The highest BCUT2D eigenvalue weighted by molar-refractivity contribution is 5.79. The number of aliphatic hydroxyl groups excluding tert-OH is 1. The van der Waals surface area contributed by atoms with Gasteiger partial charge in [-0.05, 0) is 25.7 Å². The van der Waals surface area contributed by atoms with Crippen molar-refractivity contribution in [2.45, 2.75) is 44.6 Å². The van der Waals surface area contributed by atoms with Crippen LogP contribution in [-0.4, -0.2) is 50.4 Å². The van der Waals surface area contributed by atoms with E-state index in [-0.39, 0.29) is 6.61 Å². The van der Waals surface area contributed by atoms with Crippen molar-refractivity contribution in [3.05, 3.63) is 12.2 Å². The Bertz CT molecular complexity index is 461. The van der Waals surface area contributed by atoms with Crippen LogP contribution < -0.4 is 0 Å². The van der Waals surface area contributed by atoms with Crippen molar-refractivity contribution < 1.29 is 9.90 Å². The Kier molecular flexibility index (Phi) is 4.00. The molecule has 1 saturated heterocycles. The normalized spacial score (nSPS) is 20.9. The molecule has 0 unspecified atom stereocenters. The molecule has 1 aromatic heterocycles. The first-order valence-corrected chi connectivity index (χ1v) is 7.57. The molecule has 0 aromatic carbocycles. The van der Waals surface area contributed by atoms with Crippen LogP contribution in [0.2, 0.25) is 0 Å². The molecule has 3 rings (SSSR count). The van der Waals surface area contributed by atoms with Crippen LogP contribution in [0.1, 0.15) is 43.8 Å². The second-order valence-corrected chi connectivity index (χ2v) is 5.79. The van der Waals surface area contributed by atoms with Gasteiger partial charge in [-0.15, -0.1) is 0 Å². The van der Waals surface area contributed by atoms with Crippen LogP contribution in [0.3, 0.4) is 0 Å². The lowest BCUT2D eigenvalue weighted by atomic mass is 9.83. The molecule has 1 saturated carbocycles. The number of aliphatic hydroxyl groups is 1. The SMILES string of the molecule is O=C(C1CCC1)N1CCC(c2ncnn2CCO)CC1. The number of nitrogens with zero attached hydrogens (tertiary/aromatic N) is 4. The largest absolute Gasteiger partial charge is 0.394 e. The van der Waals surface area contributed by atoms with E-state index in [4.69, 9.17) is 5.11 Å². The zero-order valence-electron chi connectivity index (χ0n) is 11.7. The van der Waals surface area contributed by atoms with Gasteiger partial charge in [0.15, 0.2) is 0 Å². The third kappa shape index (κ3) is 2.57. The Labute approximate surface area is 118 Å². The lowest BCUT2D eigenvalue weighted by Gasteiger charge is -2.36. The molecule has 1 N–H and O–H groups in total. The molecule has 0 radical (unpaired) electrons. The molecule has 6 nitrogen and oxygen atoms in total. The van der Waals surface area contributed by atoms with Crippen molar-refractivity contribution in [3.8, 4) is 0 Å². The van der Waals surface area contributed by atoms with Gasteiger partial charge in [0.05, 0.1) is 13.2 Å². The summed E-state index contributed by atoms with van der Waals surface area (Å²) in [5.74, 6) is 1.96. The van der Waals surface area contributed by atoms with Crippen molar-refractivity contribution >= 4 is 5.91 Å². The van der Waals surface area contributed by atoms with E-state index < -0.39 is 0 Å². The summed E-state index contributed by atoms with van der Waals surface area (Å²) >= 11 is 0. The van der Waals surface area contributed by atoms with E-state index in [2.05, 4.69) is 10.1 Å². The molecule has 20 heavy (non-hydrogen) atoms. The van der Waals surface area contributed by atoms with E-state index in [1.165, 1.54) is 6.42 Å². The zero-order chi connectivity index (χ0) is 13.9. The maximum atomic E-state index is 12.2. The highest BCUT2D eigenvalue weighted by atomic mass is 16.3. The Hall–Kier alpha value is -1.43. The van der Waals surface area contributed by atoms with Gasteiger partial charge < -0.3 is 10.0 Å². The number of piperidine rings is 1. The fourth-order valence-corrected chi connectivity index (χ4v) is 3.13. The number of likely N-dealkylation sites (tertiary alicyclic amines) is 1. The molecule has 1 amide bonds. The predicted octanol–water partition coefficient (Wildman–Crippen LogP) is 0.776. The Balaban J connectivity index is 1.57. The van der Waals surface area contributed by atoms with Gasteiger partial charge in [0, 0.05) is 24.9 Å². The molecule has 2 aliphatic rings. The number of rotatable bonds is 4. The van der Waals surface area contributed by atoms with Crippen LogP contribution in [0, 0.1) is 5.92 Å². The lowest BCUT2D eigenvalue weighted by Crippen LogP contribution is -2.43. The van der Waals surface area contributed by atoms with Crippen LogP contribution in [0.15, 0.2) is 6.33 Å². The molecular formula is C14H22N4O2. The van der Waals surface area contributed by atoms with Gasteiger partial charge in [0.1, 0.15) is 12.2 Å². The maximum absolute atomic E-state index is 12.2. The fourth-order valence-electron chi connectivity index (χ4n) is 3.13. The summed E-state index contributed by atoms with van der Waals surface area (Å²) in [5.41, 5.74) is 0. The van der Waals surface area contributed by atoms with Gasteiger partial charge in [-0.2, -0.15) is 5.10 Å². The van der Waals surface area contributed by atoms with E-state index in [1.54, 1.807) is 11.0 Å². The van der Waals surface area contributed by atoms with Crippen LogP contribution in [0.5, 0.6) is 0 Å². The number of carbonyl (C=O) groups excluding carboxylic acids is 1. The molecule has 1 aliphatic heterocycles. The van der Waals surface area contributed by atoms with Gasteiger partial charge in [-0.3, -0.25) is 4.79 Å². The third-order valence-electron chi connectivity index (χ3n) is 4.58. The van der Waals surface area contributed by atoms with Crippen molar-refractivity contribution in [2.75, 3.05) is 19.7 Å². The second kappa shape index (κ2) is 5.91. The number of amides is 1. The quantitative estimate of drug-likeness (QED) is 0.883. The molecule has 1 aromatic rings. The van der Waals surface area contributed by atoms with Crippen molar-refractivity contribution in [3.63, 3.8) is 0 Å². The minimum absolute atomic E-state index is 0.0787. The maximum Gasteiger partial charge on any atom is 0.225 e. The average Bonchev–Trinajstić information content (AvgIpc) is 2.86. The Morgan fingerprint density at radius 3 is 2.65 bits per heavy atom. The summed E-state index contributed by atoms with van der Waals surface area (Å²) in [6.07, 6.45) is 6.80. The number of hydrogen-bond acceptors (Lipinski definition) is 4. The average molecular weight is 278 g/mol. The van der Waals surface area contributed by atoms with E-state index in [1.807, 2.05) is 4.90 Å². The van der Waals surface area contributed by atoms with Gasteiger partial charge >= 0.3 is 0 Å². The first kappa shape index (κ1) is 13.5. The summed E-state index contributed by atoms with van der Waals surface area (Å²) in [6, 6.07) is 0. The molecule has 0 spiro atoms. The molecule has 110 valence electrons. The summed E-state index contributed by atoms with van der Waals surface area (Å²) < 4.78 is 1.79. The van der Waals surface area contributed by atoms with Gasteiger partial charge in [-0.25, -0.2) is 9.67 Å². The Morgan fingerprint density at radius 1 is 1.30 bits per heavy atom. The first-order chi connectivity index (χ1) is 9.79. The highest BCUT2D eigenvalue weighted by Gasteiger charge is 2.32. The summed E-state index contributed by atoms with van der Waals surface area (Å²) in [4.78, 5) is 18.6. The number of carbonyl (C=O) groups is 1. The van der Waals surface area contributed by atoms with Crippen molar-refractivity contribution in [1.82, 2.24) is 19.7 Å². The van der Waals surface area contributed by atoms with Gasteiger partial charge in [-0.1, -0.05) is 6.42 Å². The second-order valence-electron chi connectivity index (χ2n) is 5.79. The van der Waals surface area contributed by atoms with Crippen LogP contribution >= 0.6 is 0 Å². The van der Waals surface area contributed by atoms with Crippen LogP contribution in [-0.2, 0) is 11.3 Å². The summed E-state index contributed by atoms with van der Waals surface area (Å²) in [5, 5.41) is 13.2. The molecule has 6 heteroatoms. The monoisotopic (exact) mass is 278 g/mol. The van der Waals surface area contributed by atoms with Crippen LogP contribution in [0.25, 0.3) is 0 Å². The minimum atomic E-state index is 0.0787. The number of hydrogen-bond donors (Lipinski definition) is 1. The van der Waals surface area contributed by atoms with E-state index in [0.29, 0.717) is 24.3 Å². The summed E-state index contributed by atoms with van der Waals surface area (Å²) in [7, 11) is 0. The summed E-state index contributed by atoms with van der Waals surface area (Å²) in [6.45, 7) is 2.23. The Morgan fingerprint density at radius 2 is 2.05 bits per heavy atom. The van der Waals surface area contributed by atoms with Crippen LogP contribution in [0.4, 0.5) is 0 Å². The van der Waals surface area contributed by atoms with Crippen molar-refractivity contribution in [1.29, 1.82) is 0 Å². The van der Waals surface area contributed by atoms with E-state index >= 15 is 0 Å². The highest BCUT2D eigenvalue weighted by Crippen LogP contribution is 2.32. The minimum Gasteiger partial charge on any atom is -0.394 e.